The Morgan fingerprint density at radius 2 is 1.90 bits per heavy atom. The number of carbonyl (C=O) groups excluding carboxylic acids is 1. The molecular weight excluding hydrogens is 380 g/mol. The first-order valence-corrected chi connectivity index (χ1v) is 9.68. The van der Waals surface area contributed by atoms with Gasteiger partial charge in [0, 0.05) is 29.2 Å². The van der Waals surface area contributed by atoms with E-state index in [-0.39, 0.29) is 17.3 Å². The molecular formula is C23H24N4O3. The summed E-state index contributed by atoms with van der Waals surface area (Å²) < 4.78 is 7.40. The highest BCUT2D eigenvalue weighted by Gasteiger charge is 2.20. The van der Waals surface area contributed by atoms with Crippen LogP contribution >= 0.6 is 0 Å². The minimum absolute atomic E-state index is 0.0606. The quantitative estimate of drug-likeness (QED) is 0.395. The normalized spacial score (nSPS) is 11.5. The van der Waals surface area contributed by atoms with E-state index in [1.807, 2.05) is 6.92 Å². The summed E-state index contributed by atoms with van der Waals surface area (Å²) in [7, 11) is 0. The van der Waals surface area contributed by atoms with Crippen LogP contribution in [0.3, 0.4) is 0 Å². The first kappa shape index (κ1) is 20.9. The van der Waals surface area contributed by atoms with E-state index in [4.69, 9.17) is 15.9 Å². The highest BCUT2D eigenvalue weighted by atomic mass is 16.5. The number of amides is 1. The number of nitrogens with zero attached hydrogens (tertiary/aromatic N) is 1. The molecule has 1 heterocycles. The van der Waals surface area contributed by atoms with E-state index in [1.165, 1.54) is 10.6 Å². The molecule has 1 atom stereocenters. The molecule has 7 heteroatoms. The summed E-state index contributed by atoms with van der Waals surface area (Å²) in [6.45, 7) is 1.97. The highest BCUT2D eigenvalue weighted by molar-refractivity contribution is 5.96. The topological polar surface area (TPSA) is 110 Å². The Morgan fingerprint density at radius 3 is 2.57 bits per heavy atom. The van der Waals surface area contributed by atoms with E-state index in [1.54, 1.807) is 66.9 Å². The van der Waals surface area contributed by atoms with Crippen molar-refractivity contribution in [2.45, 2.75) is 25.9 Å². The van der Waals surface area contributed by atoms with Gasteiger partial charge < -0.3 is 15.8 Å². The molecule has 0 bridgehead atoms. The summed E-state index contributed by atoms with van der Waals surface area (Å²) in [6.07, 6.45) is 2.30. The molecule has 4 N–H and O–H groups in total. The third kappa shape index (κ3) is 5.14. The standard InChI is InChI=1S/C23H24N4O3/c1-2-6-20(30-19-8-5-7-16(15-19)22(24)25)23(29)26-17-10-12-18(13-11-17)27-14-4-3-9-21(27)28/h3-5,7-15,20H,2,6H2,1H3,(H3,24,25)(H,26,29). The van der Waals surface area contributed by atoms with Gasteiger partial charge >= 0.3 is 0 Å². The lowest BCUT2D eigenvalue weighted by Gasteiger charge is -2.19. The zero-order valence-electron chi connectivity index (χ0n) is 16.7. The van der Waals surface area contributed by atoms with Crippen molar-refractivity contribution in [3.05, 3.63) is 88.8 Å². The Balaban J connectivity index is 1.72. The molecule has 154 valence electrons. The summed E-state index contributed by atoms with van der Waals surface area (Å²) in [5, 5.41) is 10.4. The number of hydrogen-bond acceptors (Lipinski definition) is 4. The van der Waals surface area contributed by atoms with Gasteiger partial charge in [-0.2, -0.15) is 0 Å². The largest absolute Gasteiger partial charge is 0.481 e. The number of ether oxygens (including phenoxy) is 1. The van der Waals surface area contributed by atoms with Crippen molar-refractivity contribution in [3.8, 4) is 11.4 Å². The van der Waals surface area contributed by atoms with Crippen molar-refractivity contribution in [1.29, 1.82) is 5.41 Å². The average molecular weight is 404 g/mol. The van der Waals surface area contributed by atoms with Crippen molar-refractivity contribution in [2.24, 2.45) is 5.73 Å². The van der Waals surface area contributed by atoms with E-state index in [0.29, 0.717) is 29.1 Å². The lowest BCUT2D eigenvalue weighted by Crippen LogP contribution is -2.33. The number of nitrogens with two attached hydrogens (primary N) is 1. The molecule has 1 unspecified atom stereocenters. The van der Waals surface area contributed by atoms with E-state index in [0.717, 1.165) is 6.42 Å². The van der Waals surface area contributed by atoms with Gasteiger partial charge in [0.2, 0.25) is 0 Å². The molecule has 0 spiro atoms. The lowest BCUT2D eigenvalue weighted by molar-refractivity contribution is -0.123. The van der Waals surface area contributed by atoms with Crippen molar-refractivity contribution < 1.29 is 9.53 Å². The lowest BCUT2D eigenvalue weighted by atomic mass is 10.1. The van der Waals surface area contributed by atoms with Crippen LogP contribution in [0.5, 0.6) is 5.75 Å². The van der Waals surface area contributed by atoms with E-state index < -0.39 is 6.10 Å². The Bertz CT molecular complexity index is 1090. The van der Waals surface area contributed by atoms with Gasteiger partial charge in [-0.15, -0.1) is 0 Å². The van der Waals surface area contributed by atoms with Gasteiger partial charge in [-0.05, 0) is 48.9 Å². The van der Waals surface area contributed by atoms with Crippen molar-refractivity contribution >= 4 is 17.4 Å². The second-order valence-electron chi connectivity index (χ2n) is 6.78. The maximum Gasteiger partial charge on any atom is 0.265 e. The number of pyridine rings is 1. The summed E-state index contributed by atoms with van der Waals surface area (Å²) >= 11 is 0. The van der Waals surface area contributed by atoms with E-state index >= 15 is 0 Å². The molecule has 3 rings (SSSR count). The molecule has 0 saturated carbocycles. The molecule has 0 radical (unpaired) electrons. The Morgan fingerprint density at radius 1 is 1.13 bits per heavy atom. The second kappa shape index (κ2) is 9.56. The number of hydrogen-bond donors (Lipinski definition) is 3. The van der Waals surface area contributed by atoms with Crippen molar-refractivity contribution in [2.75, 3.05) is 5.32 Å². The number of anilines is 1. The highest BCUT2D eigenvalue weighted by Crippen LogP contribution is 2.18. The van der Waals surface area contributed by atoms with Crippen LogP contribution in [0.4, 0.5) is 5.69 Å². The van der Waals surface area contributed by atoms with Crippen LogP contribution in [0.15, 0.2) is 77.7 Å². The molecule has 1 amide bonds. The first-order chi connectivity index (χ1) is 14.5. The van der Waals surface area contributed by atoms with Crippen LogP contribution in [-0.2, 0) is 4.79 Å². The van der Waals surface area contributed by atoms with Gasteiger partial charge in [0.15, 0.2) is 6.10 Å². The number of rotatable bonds is 8. The molecule has 0 aliphatic heterocycles. The van der Waals surface area contributed by atoms with Gasteiger partial charge in [-0.1, -0.05) is 31.5 Å². The summed E-state index contributed by atoms with van der Waals surface area (Å²) in [5.74, 6) is 0.152. The Kier molecular flexibility index (Phi) is 6.64. The number of amidine groups is 1. The van der Waals surface area contributed by atoms with Crippen molar-refractivity contribution in [1.82, 2.24) is 4.57 Å². The molecule has 0 aliphatic carbocycles. The second-order valence-corrected chi connectivity index (χ2v) is 6.78. The summed E-state index contributed by atoms with van der Waals surface area (Å²) in [4.78, 5) is 24.7. The predicted octanol–water partition coefficient (Wildman–Crippen LogP) is 3.31. The first-order valence-electron chi connectivity index (χ1n) is 9.68. The maximum atomic E-state index is 12.8. The van der Waals surface area contributed by atoms with Crippen LogP contribution in [0.1, 0.15) is 25.3 Å². The SMILES string of the molecule is CCCC(Oc1cccc(C(=N)N)c1)C(=O)Nc1ccc(-n2ccccc2=O)cc1. The molecule has 7 nitrogen and oxygen atoms in total. The molecule has 0 saturated heterocycles. The van der Waals surface area contributed by atoms with Crippen LogP contribution in [0.2, 0.25) is 0 Å². The molecule has 30 heavy (non-hydrogen) atoms. The van der Waals surface area contributed by atoms with Gasteiger partial charge in [0.1, 0.15) is 11.6 Å². The van der Waals surface area contributed by atoms with Crippen LogP contribution in [-0.4, -0.2) is 22.4 Å². The zero-order valence-corrected chi connectivity index (χ0v) is 16.7. The van der Waals surface area contributed by atoms with Crippen LogP contribution in [0, 0.1) is 5.41 Å². The minimum Gasteiger partial charge on any atom is -0.481 e. The molecule has 0 aliphatic rings. The number of benzene rings is 2. The third-order valence-electron chi connectivity index (χ3n) is 4.50. The smallest absolute Gasteiger partial charge is 0.265 e. The predicted molar refractivity (Wildman–Crippen MR) is 117 cm³/mol. The van der Waals surface area contributed by atoms with Crippen LogP contribution < -0.4 is 21.3 Å². The fraction of sp³-hybridized carbons (Fsp3) is 0.174. The average Bonchev–Trinajstić information content (AvgIpc) is 2.74. The number of nitrogen functional groups attached to an aromatic ring is 1. The van der Waals surface area contributed by atoms with Crippen molar-refractivity contribution in [3.63, 3.8) is 0 Å². The molecule has 3 aromatic rings. The fourth-order valence-electron chi connectivity index (χ4n) is 2.98. The summed E-state index contributed by atoms with van der Waals surface area (Å²) in [6, 6.07) is 18.8. The Labute approximate surface area is 174 Å². The van der Waals surface area contributed by atoms with Gasteiger partial charge in [-0.3, -0.25) is 19.6 Å². The number of nitrogens with one attached hydrogen (secondary N) is 2. The van der Waals surface area contributed by atoms with Gasteiger partial charge in [0.25, 0.3) is 11.5 Å². The zero-order chi connectivity index (χ0) is 21.5. The van der Waals surface area contributed by atoms with Gasteiger partial charge in [0.05, 0.1) is 0 Å². The van der Waals surface area contributed by atoms with Crippen LogP contribution in [0.25, 0.3) is 5.69 Å². The van der Waals surface area contributed by atoms with E-state index in [2.05, 4.69) is 5.32 Å². The minimum atomic E-state index is -0.686. The van der Waals surface area contributed by atoms with Gasteiger partial charge in [-0.25, -0.2) is 0 Å². The number of aromatic nitrogens is 1. The fourth-order valence-corrected chi connectivity index (χ4v) is 2.98. The molecule has 0 fully saturated rings. The monoisotopic (exact) mass is 404 g/mol. The molecule has 1 aromatic heterocycles. The number of carbonyl (C=O) groups is 1. The summed E-state index contributed by atoms with van der Waals surface area (Å²) in [5.41, 5.74) is 7.25. The van der Waals surface area contributed by atoms with E-state index in [9.17, 15) is 9.59 Å². The molecule has 2 aromatic carbocycles. The third-order valence-corrected chi connectivity index (χ3v) is 4.50. The Hall–Kier alpha value is -3.87. The maximum absolute atomic E-state index is 12.8.